The number of hydrogen-bond acceptors (Lipinski definition) is 5. The molecule has 0 saturated carbocycles. The van der Waals surface area contributed by atoms with E-state index in [0.717, 1.165) is 11.3 Å². The molecule has 1 N–H and O–H groups in total. The van der Waals surface area contributed by atoms with E-state index in [-0.39, 0.29) is 24.7 Å². The third-order valence-electron chi connectivity index (χ3n) is 3.70. The second-order valence-corrected chi connectivity index (χ2v) is 7.63. The molecular formula is C19H18FN3O3S. The maximum Gasteiger partial charge on any atom is 0.215 e. The number of nitrogens with one attached hydrogen (secondary N) is 1. The zero-order chi connectivity index (χ0) is 19.1. The van der Waals surface area contributed by atoms with Crippen LogP contribution in [0.4, 0.5) is 4.39 Å². The number of halogens is 1. The summed E-state index contributed by atoms with van der Waals surface area (Å²) in [6.07, 6.45) is 1.41. The minimum absolute atomic E-state index is 0.0417. The molecule has 0 aliphatic heterocycles. The van der Waals surface area contributed by atoms with Crippen molar-refractivity contribution >= 4 is 10.0 Å². The van der Waals surface area contributed by atoms with Gasteiger partial charge in [-0.25, -0.2) is 27.5 Å². The number of ether oxygens (including phenoxy) is 1. The summed E-state index contributed by atoms with van der Waals surface area (Å²) in [5.41, 5.74) is 2.21. The first-order chi connectivity index (χ1) is 13.0. The van der Waals surface area contributed by atoms with Gasteiger partial charge in [0.15, 0.2) is 0 Å². The van der Waals surface area contributed by atoms with Crippen LogP contribution in [-0.4, -0.2) is 30.7 Å². The van der Waals surface area contributed by atoms with Gasteiger partial charge in [0.25, 0.3) is 0 Å². The molecule has 8 heteroatoms. The van der Waals surface area contributed by atoms with E-state index < -0.39 is 10.0 Å². The van der Waals surface area contributed by atoms with E-state index in [0.29, 0.717) is 11.4 Å². The first kappa shape index (κ1) is 18.9. The summed E-state index contributed by atoms with van der Waals surface area (Å²) < 4.78 is 44.8. The van der Waals surface area contributed by atoms with Crippen molar-refractivity contribution in [1.82, 2.24) is 14.7 Å². The Morgan fingerprint density at radius 3 is 2.48 bits per heavy atom. The number of aromatic nitrogens is 2. The monoisotopic (exact) mass is 387 g/mol. The molecule has 0 saturated heterocycles. The molecule has 0 amide bonds. The van der Waals surface area contributed by atoms with Crippen LogP contribution in [0.1, 0.15) is 5.69 Å². The van der Waals surface area contributed by atoms with Crippen LogP contribution in [0.5, 0.6) is 5.75 Å². The highest BCUT2D eigenvalue weighted by Gasteiger charge is 2.11. The average molecular weight is 387 g/mol. The molecule has 0 atom stereocenters. The molecule has 27 heavy (non-hydrogen) atoms. The van der Waals surface area contributed by atoms with E-state index >= 15 is 0 Å². The summed E-state index contributed by atoms with van der Waals surface area (Å²) in [6, 6.07) is 16.7. The quantitative estimate of drug-likeness (QED) is 0.643. The summed E-state index contributed by atoms with van der Waals surface area (Å²) in [7, 11) is -3.55. The normalized spacial score (nSPS) is 11.3. The highest BCUT2D eigenvalue weighted by Crippen LogP contribution is 2.16. The molecule has 140 valence electrons. The minimum atomic E-state index is -3.55. The fourth-order valence-corrected chi connectivity index (χ4v) is 3.13. The molecule has 3 rings (SSSR count). The molecular weight excluding hydrogens is 369 g/mol. The molecule has 0 unspecified atom stereocenters. The van der Waals surface area contributed by atoms with Gasteiger partial charge in [-0.2, -0.15) is 0 Å². The van der Waals surface area contributed by atoms with E-state index in [9.17, 15) is 12.8 Å². The predicted octanol–water partition coefficient (Wildman–Crippen LogP) is 2.78. The van der Waals surface area contributed by atoms with Crippen LogP contribution in [0.3, 0.4) is 0 Å². The topological polar surface area (TPSA) is 81.2 Å². The Morgan fingerprint density at radius 2 is 1.74 bits per heavy atom. The summed E-state index contributed by atoms with van der Waals surface area (Å²) in [4.78, 5) is 8.31. The summed E-state index contributed by atoms with van der Waals surface area (Å²) in [5, 5.41) is 0. The smallest absolute Gasteiger partial charge is 0.215 e. The third kappa shape index (κ3) is 5.83. The molecule has 3 aromatic rings. The van der Waals surface area contributed by atoms with Crippen LogP contribution >= 0.6 is 0 Å². The Labute approximate surface area is 157 Å². The molecule has 0 bridgehead atoms. The number of rotatable bonds is 8. The van der Waals surface area contributed by atoms with Crippen LogP contribution in [0.25, 0.3) is 11.3 Å². The van der Waals surface area contributed by atoms with Gasteiger partial charge in [0, 0.05) is 5.56 Å². The lowest BCUT2D eigenvalue weighted by Crippen LogP contribution is -2.29. The fraction of sp³-hybridized carbons (Fsp3) is 0.158. The Balaban J connectivity index is 1.53. The Kier molecular flexibility index (Phi) is 6.10. The van der Waals surface area contributed by atoms with Crippen LogP contribution in [0, 0.1) is 5.82 Å². The Morgan fingerprint density at radius 1 is 1.00 bits per heavy atom. The second kappa shape index (κ2) is 8.70. The SMILES string of the molecule is O=S(=O)(CCOc1ccc(F)cc1)NCc1cc(-c2ccccc2)ncn1. The van der Waals surface area contributed by atoms with Crippen molar-refractivity contribution in [2.24, 2.45) is 0 Å². The average Bonchev–Trinajstić information content (AvgIpc) is 2.69. The van der Waals surface area contributed by atoms with Crippen molar-refractivity contribution < 1.29 is 17.5 Å². The van der Waals surface area contributed by atoms with Crippen LogP contribution < -0.4 is 9.46 Å². The van der Waals surface area contributed by atoms with Gasteiger partial charge in [-0.1, -0.05) is 30.3 Å². The molecule has 1 heterocycles. The molecule has 6 nitrogen and oxygen atoms in total. The van der Waals surface area contributed by atoms with Gasteiger partial charge in [-0.3, -0.25) is 0 Å². The van der Waals surface area contributed by atoms with Gasteiger partial charge < -0.3 is 4.74 Å². The number of hydrogen-bond donors (Lipinski definition) is 1. The van der Waals surface area contributed by atoms with Crippen LogP contribution in [-0.2, 0) is 16.6 Å². The Bertz CT molecular complexity index is 981. The third-order valence-corrected chi connectivity index (χ3v) is 4.99. The van der Waals surface area contributed by atoms with Crippen molar-refractivity contribution in [2.75, 3.05) is 12.4 Å². The first-order valence-electron chi connectivity index (χ1n) is 8.24. The van der Waals surface area contributed by atoms with Gasteiger partial charge >= 0.3 is 0 Å². The van der Waals surface area contributed by atoms with Gasteiger partial charge in [-0.15, -0.1) is 0 Å². The van der Waals surface area contributed by atoms with E-state index in [4.69, 9.17) is 4.74 Å². The zero-order valence-electron chi connectivity index (χ0n) is 14.4. The fourth-order valence-electron chi connectivity index (χ4n) is 2.32. The van der Waals surface area contributed by atoms with Crippen LogP contribution in [0.15, 0.2) is 67.0 Å². The van der Waals surface area contributed by atoms with Gasteiger partial charge in [0.1, 0.15) is 24.5 Å². The largest absolute Gasteiger partial charge is 0.492 e. The van der Waals surface area contributed by atoms with Crippen molar-refractivity contribution in [1.29, 1.82) is 0 Å². The number of nitrogens with zero attached hydrogens (tertiary/aromatic N) is 2. The van der Waals surface area contributed by atoms with E-state index in [1.807, 2.05) is 30.3 Å². The molecule has 0 aliphatic carbocycles. The minimum Gasteiger partial charge on any atom is -0.492 e. The summed E-state index contributed by atoms with van der Waals surface area (Å²) in [5.74, 6) is -0.188. The maximum absolute atomic E-state index is 12.8. The van der Waals surface area contributed by atoms with Crippen LogP contribution in [0.2, 0.25) is 0 Å². The zero-order valence-corrected chi connectivity index (χ0v) is 15.2. The first-order valence-corrected chi connectivity index (χ1v) is 9.89. The number of sulfonamides is 1. The van der Waals surface area contributed by atoms with Gasteiger partial charge in [0.05, 0.1) is 23.7 Å². The van der Waals surface area contributed by atoms with Crippen molar-refractivity contribution in [3.63, 3.8) is 0 Å². The van der Waals surface area contributed by atoms with E-state index in [2.05, 4.69) is 14.7 Å². The Hall–Kier alpha value is -2.84. The molecule has 2 aromatic carbocycles. The standard InChI is InChI=1S/C19H18FN3O3S/c20-16-6-8-18(9-7-16)26-10-11-27(24,25)23-13-17-12-19(22-14-21-17)15-4-2-1-3-5-15/h1-9,12,14,23H,10-11,13H2. The van der Waals surface area contributed by atoms with Crippen molar-refractivity contribution in [3.8, 4) is 17.0 Å². The molecule has 0 radical (unpaired) electrons. The van der Waals surface area contributed by atoms with E-state index in [1.165, 1.54) is 30.6 Å². The second-order valence-electron chi connectivity index (χ2n) is 5.70. The lowest BCUT2D eigenvalue weighted by atomic mass is 10.1. The summed E-state index contributed by atoms with van der Waals surface area (Å²) >= 11 is 0. The van der Waals surface area contributed by atoms with Gasteiger partial charge in [0.2, 0.25) is 10.0 Å². The molecule has 0 fully saturated rings. The highest BCUT2D eigenvalue weighted by molar-refractivity contribution is 7.89. The summed E-state index contributed by atoms with van der Waals surface area (Å²) in [6.45, 7) is 0.0151. The highest BCUT2D eigenvalue weighted by atomic mass is 32.2. The molecule has 0 spiro atoms. The van der Waals surface area contributed by atoms with Crippen molar-refractivity contribution in [2.45, 2.75) is 6.54 Å². The van der Waals surface area contributed by atoms with Crippen molar-refractivity contribution in [3.05, 3.63) is 78.5 Å². The number of benzene rings is 2. The lowest BCUT2D eigenvalue weighted by molar-refractivity contribution is 0.339. The molecule has 1 aromatic heterocycles. The molecule has 0 aliphatic rings. The van der Waals surface area contributed by atoms with Gasteiger partial charge in [-0.05, 0) is 30.3 Å². The predicted molar refractivity (Wildman–Crippen MR) is 100.0 cm³/mol. The van der Waals surface area contributed by atoms with E-state index in [1.54, 1.807) is 6.07 Å². The maximum atomic E-state index is 12.8. The lowest BCUT2D eigenvalue weighted by Gasteiger charge is -2.09.